The molecule has 0 spiro atoms. The molecule has 0 aromatic carbocycles. The molecule has 1 rings (SSSR count). The van der Waals surface area contributed by atoms with Crippen molar-refractivity contribution in [2.75, 3.05) is 12.9 Å². The van der Waals surface area contributed by atoms with E-state index in [2.05, 4.69) is 15.0 Å². The van der Waals surface area contributed by atoms with E-state index in [0.29, 0.717) is 5.69 Å². The summed E-state index contributed by atoms with van der Waals surface area (Å²) >= 11 is 0. The summed E-state index contributed by atoms with van der Waals surface area (Å²) in [7, 11) is -3.38. The van der Waals surface area contributed by atoms with Crippen molar-refractivity contribution < 1.29 is 27.3 Å². The summed E-state index contributed by atoms with van der Waals surface area (Å²) in [4.78, 5) is 27.0. The highest BCUT2D eigenvalue weighted by molar-refractivity contribution is 7.85. The van der Waals surface area contributed by atoms with Crippen molar-refractivity contribution in [1.82, 2.24) is 10.3 Å². The van der Waals surface area contributed by atoms with Crippen LogP contribution in [0.1, 0.15) is 5.69 Å². The number of hydrogen-bond donors (Lipinski definition) is 2. The number of hydrogen-bond acceptors (Lipinski definition) is 6. The molecule has 0 fully saturated rings. The van der Waals surface area contributed by atoms with Crippen LogP contribution in [0.3, 0.4) is 0 Å². The molecule has 0 aliphatic carbocycles. The lowest BCUT2D eigenvalue weighted by molar-refractivity contribution is -0.144. The first-order valence-electron chi connectivity index (χ1n) is 5.54. The maximum atomic E-state index is 11.7. The molecule has 1 amide bonds. The number of carbonyl (C=O) groups excluding carboxylic acids is 2. The first-order chi connectivity index (χ1) is 9.31. The molecule has 20 heavy (non-hydrogen) atoms. The van der Waals surface area contributed by atoms with Gasteiger partial charge in [0, 0.05) is 11.9 Å². The van der Waals surface area contributed by atoms with Gasteiger partial charge in [-0.25, -0.2) is 4.79 Å². The fourth-order valence-electron chi connectivity index (χ4n) is 1.43. The summed E-state index contributed by atoms with van der Waals surface area (Å²) in [6, 6.07) is 3.50. The van der Waals surface area contributed by atoms with Crippen LogP contribution in [0.2, 0.25) is 0 Å². The zero-order valence-corrected chi connectivity index (χ0v) is 11.5. The highest BCUT2D eigenvalue weighted by Gasteiger charge is 2.26. The Hall–Kier alpha value is -2.00. The third kappa shape index (κ3) is 5.76. The van der Waals surface area contributed by atoms with Gasteiger partial charge in [-0.2, -0.15) is 8.42 Å². The first-order valence-corrected chi connectivity index (χ1v) is 7.15. The van der Waals surface area contributed by atoms with E-state index in [4.69, 9.17) is 4.55 Å². The van der Waals surface area contributed by atoms with Crippen LogP contribution in [0, 0.1) is 0 Å². The minimum absolute atomic E-state index is 0.125. The van der Waals surface area contributed by atoms with Crippen molar-refractivity contribution in [2.24, 2.45) is 0 Å². The quantitative estimate of drug-likeness (QED) is 0.519. The van der Waals surface area contributed by atoms with Crippen LogP contribution >= 0.6 is 0 Å². The third-order valence-electron chi connectivity index (χ3n) is 2.27. The number of amides is 1. The van der Waals surface area contributed by atoms with E-state index in [1.165, 1.54) is 6.20 Å². The Kier molecular flexibility index (Phi) is 5.59. The van der Waals surface area contributed by atoms with Gasteiger partial charge in [-0.3, -0.25) is 14.3 Å². The number of aromatic nitrogens is 1. The predicted octanol–water partition coefficient (Wildman–Crippen LogP) is -0.830. The molecule has 0 aliphatic heterocycles. The lowest BCUT2D eigenvalue weighted by Gasteiger charge is -2.14. The van der Waals surface area contributed by atoms with Crippen LogP contribution in [-0.4, -0.2) is 48.7 Å². The second-order valence-electron chi connectivity index (χ2n) is 3.89. The highest BCUT2D eigenvalue weighted by atomic mass is 32.2. The smallest absolute Gasteiger partial charge is 0.329 e. The number of ether oxygens (including phenoxy) is 1. The van der Waals surface area contributed by atoms with Gasteiger partial charge in [-0.15, -0.1) is 0 Å². The van der Waals surface area contributed by atoms with Crippen molar-refractivity contribution >= 4 is 22.0 Å². The maximum Gasteiger partial charge on any atom is 0.329 e. The van der Waals surface area contributed by atoms with Crippen LogP contribution < -0.4 is 5.32 Å². The summed E-state index contributed by atoms with van der Waals surface area (Å²) in [6.45, 7) is 0. The van der Waals surface area contributed by atoms with Crippen molar-refractivity contribution in [1.29, 1.82) is 0 Å². The van der Waals surface area contributed by atoms with E-state index in [1.54, 1.807) is 18.2 Å². The highest BCUT2D eigenvalue weighted by Crippen LogP contribution is 1.98. The molecule has 1 atom stereocenters. The first kappa shape index (κ1) is 16.1. The van der Waals surface area contributed by atoms with Gasteiger partial charge in [-0.1, -0.05) is 6.07 Å². The average Bonchev–Trinajstić information content (AvgIpc) is 2.36. The molecule has 1 heterocycles. The van der Waals surface area contributed by atoms with E-state index in [9.17, 15) is 18.0 Å². The molecular weight excluding hydrogens is 288 g/mol. The molecule has 0 bridgehead atoms. The maximum absolute atomic E-state index is 11.7. The normalized spacial score (nSPS) is 12.5. The summed E-state index contributed by atoms with van der Waals surface area (Å²) < 4.78 is 34.7. The lowest BCUT2D eigenvalue weighted by Crippen LogP contribution is -2.46. The zero-order chi connectivity index (χ0) is 15.2. The Bertz CT molecular complexity index is 572. The van der Waals surface area contributed by atoms with E-state index in [1.807, 2.05) is 0 Å². The zero-order valence-electron chi connectivity index (χ0n) is 10.6. The SMILES string of the molecule is COC(=O)[C@H](CS(=O)(=O)O)NC(=O)Cc1ccccn1. The molecule has 9 heteroatoms. The number of pyridine rings is 1. The van der Waals surface area contributed by atoms with Crippen molar-refractivity contribution in [3.05, 3.63) is 30.1 Å². The van der Waals surface area contributed by atoms with E-state index < -0.39 is 33.8 Å². The Morgan fingerprint density at radius 2 is 2.15 bits per heavy atom. The molecular formula is C11H14N2O6S. The number of carbonyl (C=O) groups is 2. The van der Waals surface area contributed by atoms with Gasteiger partial charge >= 0.3 is 5.97 Å². The Morgan fingerprint density at radius 1 is 1.45 bits per heavy atom. The summed E-state index contributed by atoms with van der Waals surface area (Å²) in [5.74, 6) is -2.52. The molecule has 0 saturated heterocycles. The Labute approximate surface area is 115 Å². The monoisotopic (exact) mass is 302 g/mol. The fraction of sp³-hybridized carbons (Fsp3) is 0.364. The summed E-state index contributed by atoms with van der Waals surface area (Å²) in [6.07, 6.45) is 1.37. The van der Waals surface area contributed by atoms with Crippen LogP contribution in [-0.2, 0) is 30.9 Å². The van der Waals surface area contributed by atoms with Crippen LogP contribution in [0.15, 0.2) is 24.4 Å². The molecule has 0 unspecified atom stereocenters. The molecule has 0 aliphatic rings. The molecule has 1 aromatic rings. The average molecular weight is 302 g/mol. The van der Waals surface area contributed by atoms with Crippen LogP contribution in [0.4, 0.5) is 0 Å². The Balaban J connectivity index is 2.70. The Morgan fingerprint density at radius 3 is 2.65 bits per heavy atom. The van der Waals surface area contributed by atoms with Crippen molar-refractivity contribution in [2.45, 2.75) is 12.5 Å². The van der Waals surface area contributed by atoms with Gasteiger partial charge < -0.3 is 10.1 Å². The fourth-order valence-corrected chi connectivity index (χ4v) is 2.07. The number of esters is 1. The van der Waals surface area contributed by atoms with Crippen LogP contribution in [0.25, 0.3) is 0 Å². The van der Waals surface area contributed by atoms with Gasteiger partial charge in [0.1, 0.15) is 11.8 Å². The van der Waals surface area contributed by atoms with Gasteiger partial charge in [0.05, 0.1) is 13.5 Å². The number of nitrogens with zero attached hydrogens (tertiary/aromatic N) is 1. The molecule has 0 radical (unpaired) electrons. The number of rotatable bonds is 6. The minimum Gasteiger partial charge on any atom is -0.467 e. The predicted molar refractivity (Wildman–Crippen MR) is 68.3 cm³/mol. The van der Waals surface area contributed by atoms with Gasteiger partial charge in [-0.05, 0) is 12.1 Å². The van der Waals surface area contributed by atoms with Gasteiger partial charge in [0.2, 0.25) is 5.91 Å². The third-order valence-corrected chi connectivity index (χ3v) is 3.02. The largest absolute Gasteiger partial charge is 0.467 e. The standard InChI is InChI=1S/C11H14N2O6S/c1-19-11(15)9(7-20(16,17)18)13-10(14)6-8-4-2-3-5-12-8/h2-5,9H,6-7H2,1H3,(H,13,14)(H,16,17,18)/t9-/m0/s1. The van der Waals surface area contributed by atoms with E-state index in [-0.39, 0.29) is 6.42 Å². The van der Waals surface area contributed by atoms with Gasteiger partial charge in [0.15, 0.2) is 0 Å². The molecule has 0 saturated carbocycles. The molecule has 110 valence electrons. The lowest BCUT2D eigenvalue weighted by atomic mass is 10.2. The number of methoxy groups -OCH3 is 1. The van der Waals surface area contributed by atoms with Gasteiger partial charge in [0.25, 0.3) is 10.1 Å². The summed E-state index contributed by atoms with van der Waals surface area (Å²) in [5.41, 5.74) is 0.459. The molecule has 2 N–H and O–H groups in total. The number of nitrogens with one attached hydrogen (secondary N) is 1. The summed E-state index contributed by atoms with van der Waals surface area (Å²) in [5, 5.41) is 2.18. The van der Waals surface area contributed by atoms with E-state index in [0.717, 1.165) is 7.11 Å². The topological polar surface area (TPSA) is 123 Å². The second kappa shape index (κ2) is 6.96. The van der Waals surface area contributed by atoms with Crippen molar-refractivity contribution in [3.63, 3.8) is 0 Å². The minimum atomic E-state index is -4.43. The molecule has 1 aromatic heterocycles. The van der Waals surface area contributed by atoms with E-state index >= 15 is 0 Å². The van der Waals surface area contributed by atoms with Crippen LogP contribution in [0.5, 0.6) is 0 Å². The molecule has 8 nitrogen and oxygen atoms in total. The second-order valence-corrected chi connectivity index (χ2v) is 5.39. The van der Waals surface area contributed by atoms with Crippen molar-refractivity contribution in [3.8, 4) is 0 Å².